The van der Waals surface area contributed by atoms with Crippen molar-refractivity contribution in [1.82, 2.24) is 0 Å². The summed E-state index contributed by atoms with van der Waals surface area (Å²) in [6, 6.07) is 0. The van der Waals surface area contributed by atoms with Gasteiger partial charge >= 0.3 is 0 Å². The molecule has 0 saturated heterocycles. The molecule has 0 radical (unpaired) electrons. The second-order valence-electron chi connectivity index (χ2n) is 3.08. The maximum atomic E-state index is 11.2. The molecule has 0 fully saturated rings. The van der Waals surface area contributed by atoms with Crippen LogP contribution in [0.15, 0.2) is 24.8 Å². The smallest absolute Gasteiger partial charge is 0.190 e. The first kappa shape index (κ1) is 10.1. The highest BCUT2D eigenvalue weighted by molar-refractivity contribution is 5.98. The van der Waals surface area contributed by atoms with Crippen LogP contribution in [0.2, 0.25) is 0 Å². The van der Waals surface area contributed by atoms with Gasteiger partial charge in [-0.05, 0) is 12.2 Å². The van der Waals surface area contributed by atoms with E-state index < -0.39 is 23.6 Å². The summed E-state index contributed by atoms with van der Waals surface area (Å²) in [4.78, 5) is 11.2. The number of rotatable bonds is 2. The summed E-state index contributed by atoms with van der Waals surface area (Å²) in [5.41, 5.74) is -1.92. The zero-order valence-corrected chi connectivity index (χ0v) is 7.05. The van der Waals surface area contributed by atoms with Crippen molar-refractivity contribution in [3.8, 4) is 0 Å². The van der Waals surface area contributed by atoms with E-state index >= 15 is 0 Å². The molecule has 0 aromatic heterocycles. The van der Waals surface area contributed by atoms with E-state index in [2.05, 4.69) is 6.58 Å². The maximum Gasteiger partial charge on any atom is 0.190 e. The van der Waals surface area contributed by atoms with Gasteiger partial charge in [0.15, 0.2) is 11.4 Å². The number of ketones is 1. The van der Waals surface area contributed by atoms with Crippen molar-refractivity contribution >= 4 is 5.78 Å². The van der Waals surface area contributed by atoms with Crippen LogP contribution in [-0.4, -0.2) is 38.9 Å². The molecule has 0 spiro atoms. The van der Waals surface area contributed by atoms with Crippen LogP contribution in [0, 0.1) is 0 Å². The third kappa shape index (κ3) is 1.56. The van der Waals surface area contributed by atoms with E-state index in [1.807, 2.05) is 0 Å². The van der Waals surface area contributed by atoms with Gasteiger partial charge in [0.2, 0.25) is 0 Å². The number of hydrogen-bond acceptors (Lipinski definition) is 4. The van der Waals surface area contributed by atoms with Crippen LogP contribution < -0.4 is 0 Å². The molecular formula is C9H12O4. The fraction of sp³-hybridized carbons (Fsp3) is 0.444. The molecule has 72 valence electrons. The van der Waals surface area contributed by atoms with Crippen LogP contribution in [0.4, 0.5) is 0 Å². The zero-order valence-electron chi connectivity index (χ0n) is 7.05. The molecule has 1 aliphatic rings. The molecule has 0 saturated carbocycles. The highest BCUT2D eigenvalue weighted by Crippen LogP contribution is 2.25. The Morgan fingerprint density at radius 3 is 2.77 bits per heavy atom. The lowest BCUT2D eigenvalue weighted by Crippen LogP contribution is -2.55. The molecular weight excluding hydrogens is 172 g/mol. The third-order valence-electron chi connectivity index (χ3n) is 2.14. The summed E-state index contributed by atoms with van der Waals surface area (Å²) in [6.45, 7) is 3.36. The molecule has 1 aliphatic carbocycles. The predicted molar refractivity (Wildman–Crippen MR) is 45.9 cm³/mol. The number of carbonyl (C=O) groups is 1. The van der Waals surface area contributed by atoms with Gasteiger partial charge in [-0.15, -0.1) is 6.58 Å². The van der Waals surface area contributed by atoms with Crippen molar-refractivity contribution in [2.75, 3.05) is 0 Å². The van der Waals surface area contributed by atoms with Crippen molar-refractivity contribution in [1.29, 1.82) is 0 Å². The van der Waals surface area contributed by atoms with Gasteiger partial charge in [-0.1, -0.05) is 6.08 Å². The number of hydrogen-bond donors (Lipinski definition) is 3. The Kier molecular flexibility index (Phi) is 2.66. The Balaban J connectivity index is 2.99. The Bertz CT molecular complexity index is 258. The molecule has 0 bridgehead atoms. The summed E-state index contributed by atoms with van der Waals surface area (Å²) in [6.07, 6.45) is 0.790. The number of aliphatic hydroxyl groups is 3. The van der Waals surface area contributed by atoms with Crippen molar-refractivity contribution in [2.45, 2.75) is 24.2 Å². The number of aliphatic hydroxyl groups excluding tert-OH is 2. The molecule has 1 rings (SSSR count). The van der Waals surface area contributed by atoms with Crippen molar-refractivity contribution in [3.63, 3.8) is 0 Å². The topological polar surface area (TPSA) is 77.8 Å². The molecule has 3 atom stereocenters. The molecule has 13 heavy (non-hydrogen) atoms. The second kappa shape index (κ2) is 3.41. The Hall–Kier alpha value is -0.970. The normalized spacial score (nSPS) is 39.2. The standard InChI is InChI=1S/C9H12O4/c1-2-5-9(13)7(11)4-3-6(10)8(9)12/h2-4,6,8,10,12-13H,1,5H2. The van der Waals surface area contributed by atoms with Gasteiger partial charge in [0, 0.05) is 6.42 Å². The van der Waals surface area contributed by atoms with E-state index in [-0.39, 0.29) is 6.42 Å². The van der Waals surface area contributed by atoms with Gasteiger partial charge in [-0.3, -0.25) is 4.79 Å². The molecule has 4 heteroatoms. The minimum absolute atomic E-state index is 0.0750. The molecule has 0 aromatic rings. The average molecular weight is 184 g/mol. The molecule has 0 aromatic carbocycles. The van der Waals surface area contributed by atoms with Crippen molar-refractivity contribution in [3.05, 3.63) is 24.8 Å². The van der Waals surface area contributed by atoms with E-state index in [4.69, 9.17) is 0 Å². The van der Waals surface area contributed by atoms with Gasteiger partial charge in [0.1, 0.15) is 12.2 Å². The first-order valence-corrected chi connectivity index (χ1v) is 3.94. The van der Waals surface area contributed by atoms with E-state index in [0.29, 0.717) is 0 Å². The second-order valence-corrected chi connectivity index (χ2v) is 3.08. The average Bonchev–Trinajstić information content (AvgIpc) is 2.10. The summed E-state index contributed by atoms with van der Waals surface area (Å²) in [5, 5.41) is 28.2. The van der Waals surface area contributed by atoms with Crippen LogP contribution in [0.1, 0.15) is 6.42 Å². The molecule has 0 heterocycles. The molecule has 4 nitrogen and oxygen atoms in total. The van der Waals surface area contributed by atoms with Crippen LogP contribution in [-0.2, 0) is 4.79 Å². The van der Waals surface area contributed by atoms with Crippen molar-refractivity contribution in [2.24, 2.45) is 0 Å². The summed E-state index contributed by atoms with van der Waals surface area (Å²) in [7, 11) is 0. The van der Waals surface area contributed by atoms with E-state index in [0.717, 1.165) is 12.2 Å². The fourth-order valence-corrected chi connectivity index (χ4v) is 1.31. The lowest BCUT2D eigenvalue weighted by atomic mass is 9.81. The monoisotopic (exact) mass is 184 g/mol. The Morgan fingerprint density at radius 1 is 1.62 bits per heavy atom. The van der Waals surface area contributed by atoms with E-state index in [9.17, 15) is 20.1 Å². The van der Waals surface area contributed by atoms with Crippen LogP contribution in [0.25, 0.3) is 0 Å². The third-order valence-corrected chi connectivity index (χ3v) is 2.14. The summed E-state index contributed by atoms with van der Waals surface area (Å²) >= 11 is 0. The highest BCUT2D eigenvalue weighted by Gasteiger charge is 2.46. The lowest BCUT2D eigenvalue weighted by Gasteiger charge is -2.34. The maximum absolute atomic E-state index is 11.2. The van der Waals surface area contributed by atoms with Crippen molar-refractivity contribution < 1.29 is 20.1 Å². The Morgan fingerprint density at radius 2 is 2.23 bits per heavy atom. The quantitative estimate of drug-likeness (QED) is 0.489. The van der Waals surface area contributed by atoms with E-state index in [1.165, 1.54) is 6.08 Å². The van der Waals surface area contributed by atoms with Gasteiger partial charge < -0.3 is 15.3 Å². The minimum Gasteiger partial charge on any atom is -0.387 e. The van der Waals surface area contributed by atoms with Gasteiger partial charge in [0.25, 0.3) is 0 Å². The molecule has 3 unspecified atom stereocenters. The zero-order chi connectivity index (χ0) is 10.1. The number of carbonyl (C=O) groups excluding carboxylic acids is 1. The van der Waals surface area contributed by atoms with Gasteiger partial charge in [-0.2, -0.15) is 0 Å². The first-order valence-electron chi connectivity index (χ1n) is 3.94. The summed E-state index contributed by atoms with van der Waals surface area (Å²) in [5.74, 6) is -0.606. The van der Waals surface area contributed by atoms with Crippen LogP contribution >= 0.6 is 0 Å². The largest absolute Gasteiger partial charge is 0.387 e. The SMILES string of the molecule is C=CCC1(O)C(=O)C=CC(O)C1O. The Labute approximate surface area is 75.8 Å². The first-order chi connectivity index (χ1) is 6.02. The minimum atomic E-state index is -1.92. The van der Waals surface area contributed by atoms with Gasteiger partial charge in [0.05, 0.1) is 0 Å². The molecule has 3 N–H and O–H groups in total. The molecule has 0 aliphatic heterocycles. The lowest BCUT2D eigenvalue weighted by molar-refractivity contribution is -0.155. The fourth-order valence-electron chi connectivity index (χ4n) is 1.31. The van der Waals surface area contributed by atoms with E-state index in [1.54, 1.807) is 0 Å². The van der Waals surface area contributed by atoms with Crippen LogP contribution in [0.3, 0.4) is 0 Å². The molecule has 0 amide bonds. The summed E-state index contributed by atoms with van der Waals surface area (Å²) < 4.78 is 0. The predicted octanol–water partition coefficient (Wildman–Crippen LogP) is -0.846. The van der Waals surface area contributed by atoms with Crippen LogP contribution in [0.5, 0.6) is 0 Å². The van der Waals surface area contributed by atoms with Gasteiger partial charge in [-0.25, -0.2) is 0 Å². The highest BCUT2D eigenvalue weighted by atomic mass is 16.4.